The summed E-state index contributed by atoms with van der Waals surface area (Å²) >= 11 is 4.93. The molecule has 2 aromatic heterocycles. The number of fused-ring (bicyclic) bond motifs is 1. The van der Waals surface area contributed by atoms with E-state index < -0.39 is 0 Å². The van der Waals surface area contributed by atoms with Crippen molar-refractivity contribution in [2.24, 2.45) is 0 Å². The largest absolute Gasteiger partial charge is 0.282 e. The fourth-order valence-corrected chi connectivity index (χ4v) is 4.32. The van der Waals surface area contributed by atoms with Crippen LogP contribution in [0.4, 0.5) is 9.52 Å². The second-order valence-corrected chi connectivity index (χ2v) is 8.14. The smallest absolute Gasteiger partial charge is 0.233 e. The van der Waals surface area contributed by atoms with Gasteiger partial charge in [0.2, 0.25) is 5.91 Å². The zero-order valence-electron chi connectivity index (χ0n) is 14.7. The summed E-state index contributed by atoms with van der Waals surface area (Å²) in [4.78, 5) is 23.7. The molecule has 7 heteroatoms. The van der Waals surface area contributed by atoms with Crippen LogP contribution in [-0.4, -0.2) is 15.9 Å². The van der Waals surface area contributed by atoms with Gasteiger partial charge in [-0.05, 0) is 48.0 Å². The van der Waals surface area contributed by atoms with Crippen LogP contribution in [0.15, 0.2) is 71.3 Å². The minimum atomic E-state index is -0.321. The Hall–Kier alpha value is -2.64. The van der Waals surface area contributed by atoms with E-state index in [0.717, 1.165) is 25.9 Å². The number of anilines is 1. The lowest BCUT2D eigenvalue weighted by Gasteiger charge is -2.19. The van der Waals surface area contributed by atoms with E-state index in [1.165, 1.54) is 23.5 Å². The van der Waals surface area contributed by atoms with Crippen molar-refractivity contribution in [1.82, 2.24) is 9.97 Å². The highest BCUT2D eigenvalue weighted by molar-refractivity contribution is 9.10. The van der Waals surface area contributed by atoms with Crippen molar-refractivity contribution in [3.63, 3.8) is 0 Å². The molecule has 28 heavy (non-hydrogen) atoms. The van der Waals surface area contributed by atoms with E-state index >= 15 is 0 Å². The highest BCUT2D eigenvalue weighted by Crippen LogP contribution is 2.32. The van der Waals surface area contributed by atoms with Gasteiger partial charge >= 0.3 is 0 Å². The van der Waals surface area contributed by atoms with E-state index in [-0.39, 0.29) is 18.1 Å². The molecule has 0 N–H and O–H groups in total. The van der Waals surface area contributed by atoms with Gasteiger partial charge in [0.15, 0.2) is 5.13 Å². The lowest BCUT2D eigenvalue weighted by atomic mass is 10.1. The number of carbonyl (C=O) groups excluding carboxylic acids is 1. The van der Waals surface area contributed by atoms with Gasteiger partial charge in [0.05, 0.1) is 28.9 Å². The van der Waals surface area contributed by atoms with Gasteiger partial charge in [0.25, 0.3) is 0 Å². The average Bonchev–Trinajstić information content (AvgIpc) is 3.11. The zero-order valence-corrected chi connectivity index (χ0v) is 17.1. The Labute approximate surface area is 173 Å². The first-order chi connectivity index (χ1) is 13.6. The molecule has 1 amide bonds. The molecular formula is C21H15BrFN3OS. The van der Waals surface area contributed by atoms with Gasteiger partial charge in [-0.25, -0.2) is 9.37 Å². The maximum atomic E-state index is 13.2. The normalized spacial score (nSPS) is 10.9. The number of aromatic nitrogens is 2. The van der Waals surface area contributed by atoms with Crippen molar-refractivity contribution in [2.45, 2.75) is 13.0 Å². The van der Waals surface area contributed by atoms with Crippen LogP contribution in [0, 0.1) is 5.82 Å². The summed E-state index contributed by atoms with van der Waals surface area (Å²) in [6.07, 6.45) is 1.86. The Morgan fingerprint density at radius 3 is 2.68 bits per heavy atom. The number of amides is 1. The first-order valence-electron chi connectivity index (χ1n) is 8.59. The second-order valence-electron chi connectivity index (χ2n) is 6.21. The molecule has 0 bridgehead atoms. The third-order valence-corrected chi connectivity index (χ3v) is 5.72. The number of hydrogen-bond acceptors (Lipinski definition) is 4. The standard InChI is InChI=1S/C21H15BrFN3OS/c22-15-6-9-18-19(12-15)28-21(25-18)26(13-17-3-1-2-10-24-17)20(27)11-14-4-7-16(23)8-5-14/h1-10,12H,11,13H2. The molecular weight excluding hydrogens is 441 g/mol. The Kier molecular flexibility index (Phi) is 5.45. The highest BCUT2D eigenvalue weighted by atomic mass is 79.9. The predicted molar refractivity (Wildman–Crippen MR) is 113 cm³/mol. The molecule has 2 aromatic carbocycles. The van der Waals surface area contributed by atoms with E-state index in [0.29, 0.717) is 11.7 Å². The van der Waals surface area contributed by atoms with Gasteiger partial charge in [-0.15, -0.1) is 0 Å². The lowest BCUT2D eigenvalue weighted by molar-refractivity contribution is -0.118. The summed E-state index contributed by atoms with van der Waals surface area (Å²) in [5, 5.41) is 0.617. The van der Waals surface area contributed by atoms with Gasteiger partial charge in [0.1, 0.15) is 5.82 Å². The van der Waals surface area contributed by atoms with Crippen molar-refractivity contribution in [1.29, 1.82) is 0 Å². The minimum Gasteiger partial charge on any atom is -0.282 e. The molecule has 0 spiro atoms. The van der Waals surface area contributed by atoms with Crippen molar-refractivity contribution in [2.75, 3.05) is 4.90 Å². The summed E-state index contributed by atoms with van der Waals surface area (Å²) in [7, 11) is 0. The third kappa shape index (κ3) is 4.26. The first kappa shape index (κ1) is 18.7. The Morgan fingerprint density at radius 1 is 1.11 bits per heavy atom. The number of carbonyl (C=O) groups is 1. The zero-order chi connectivity index (χ0) is 19.5. The number of halogens is 2. The Morgan fingerprint density at radius 2 is 1.93 bits per heavy atom. The van der Waals surface area contributed by atoms with Gasteiger partial charge in [-0.3, -0.25) is 14.7 Å². The molecule has 0 saturated heterocycles. The van der Waals surface area contributed by atoms with Crippen LogP contribution < -0.4 is 4.90 Å². The second kappa shape index (κ2) is 8.16. The van der Waals surface area contributed by atoms with Crippen LogP contribution >= 0.6 is 27.3 Å². The fourth-order valence-electron chi connectivity index (χ4n) is 2.79. The molecule has 0 unspecified atom stereocenters. The van der Waals surface area contributed by atoms with Crippen molar-refractivity contribution >= 4 is 48.5 Å². The minimum absolute atomic E-state index is 0.115. The Balaban J connectivity index is 1.67. The molecule has 4 aromatic rings. The molecule has 0 radical (unpaired) electrons. The number of rotatable bonds is 5. The van der Waals surface area contributed by atoms with E-state index in [9.17, 15) is 9.18 Å². The molecule has 4 nitrogen and oxygen atoms in total. The molecule has 4 rings (SSSR count). The molecule has 2 heterocycles. The van der Waals surface area contributed by atoms with Crippen molar-refractivity contribution in [3.8, 4) is 0 Å². The monoisotopic (exact) mass is 455 g/mol. The molecule has 0 saturated carbocycles. The maximum absolute atomic E-state index is 13.2. The third-order valence-electron chi connectivity index (χ3n) is 4.19. The molecule has 0 aliphatic carbocycles. The van der Waals surface area contributed by atoms with E-state index in [2.05, 4.69) is 25.9 Å². The van der Waals surface area contributed by atoms with Gasteiger partial charge in [-0.1, -0.05) is 45.5 Å². The molecule has 0 aliphatic rings. The molecule has 140 valence electrons. The molecule has 0 aliphatic heterocycles. The molecule has 0 fully saturated rings. The Bertz CT molecular complexity index is 1120. The van der Waals surface area contributed by atoms with Crippen molar-refractivity contribution < 1.29 is 9.18 Å². The SMILES string of the molecule is O=C(Cc1ccc(F)cc1)N(Cc1ccccn1)c1nc2ccc(Br)cc2s1. The van der Waals surface area contributed by atoms with Crippen LogP contribution in [0.25, 0.3) is 10.2 Å². The summed E-state index contributed by atoms with van der Waals surface area (Å²) in [6, 6.07) is 17.4. The predicted octanol–water partition coefficient (Wildman–Crippen LogP) is 5.37. The fraction of sp³-hybridized carbons (Fsp3) is 0.0952. The molecule has 0 atom stereocenters. The van der Waals surface area contributed by atoms with E-state index in [1.54, 1.807) is 23.2 Å². The maximum Gasteiger partial charge on any atom is 0.233 e. The number of hydrogen-bond donors (Lipinski definition) is 0. The van der Waals surface area contributed by atoms with Gasteiger partial charge < -0.3 is 0 Å². The van der Waals surface area contributed by atoms with Crippen LogP contribution in [-0.2, 0) is 17.8 Å². The summed E-state index contributed by atoms with van der Waals surface area (Å²) in [5.74, 6) is -0.436. The highest BCUT2D eigenvalue weighted by Gasteiger charge is 2.21. The van der Waals surface area contributed by atoms with Crippen LogP contribution in [0.3, 0.4) is 0 Å². The number of thiazole rings is 1. The summed E-state index contributed by atoms with van der Waals surface area (Å²) in [6.45, 7) is 0.321. The van der Waals surface area contributed by atoms with Crippen LogP contribution in [0.5, 0.6) is 0 Å². The summed E-state index contributed by atoms with van der Waals surface area (Å²) < 4.78 is 15.1. The van der Waals surface area contributed by atoms with Crippen LogP contribution in [0.2, 0.25) is 0 Å². The van der Waals surface area contributed by atoms with Crippen molar-refractivity contribution in [3.05, 3.63) is 88.4 Å². The van der Waals surface area contributed by atoms with E-state index in [1.807, 2.05) is 36.4 Å². The number of benzene rings is 2. The summed E-state index contributed by atoms with van der Waals surface area (Å²) in [5.41, 5.74) is 2.36. The topological polar surface area (TPSA) is 46.1 Å². The van der Waals surface area contributed by atoms with Gasteiger partial charge in [0, 0.05) is 10.7 Å². The van der Waals surface area contributed by atoms with Gasteiger partial charge in [-0.2, -0.15) is 0 Å². The van der Waals surface area contributed by atoms with E-state index in [4.69, 9.17) is 0 Å². The number of nitrogens with zero attached hydrogens (tertiary/aromatic N) is 3. The average molecular weight is 456 g/mol. The van der Waals surface area contributed by atoms with Crippen LogP contribution in [0.1, 0.15) is 11.3 Å². The number of pyridine rings is 1. The first-order valence-corrected chi connectivity index (χ1v) is 10.2. The lowest BCUT2D eigenvalue weighted by Crippen LogP contribution is -2.32. The quantitative estimate of drug-likeness (QED) is 0.406.